The minimum Gasteiger partial charge on any atom is -0.489 e. The van der Waals surface area contributed by atoms with Gasteiger partial charge in [-0.1, -0.05) is 35.9 Å². The Hall–Kier alpha value is -1.58. The summed E-state index contributed by atoms with van der Waals surface area (Å²) in [7, 11) is 1.99. The third kappa shape index (κ3) is 4.51. The lowest BCUT2D eigenvalue weighted by molar-refractivity contribution is 0.226. The van der Waals surface area contributed by atoms with E-state index in [4.69, 9.17) is 16.3 Å². The van der Waals surface area contributed by atoms with Gasteiger partial charge in [-0.15, -0.1) is 0 Å². The summed E-state index contributed by atoms with van der Waals surface area (Å²) in [6.07, 6.45) is 0. The number of rotatable bonds is 6. The van der Waals surface area contributed by atoms with E-state index in [0.717, 1.165) is 17.1 Å². The lowest BCUT2D eigenvalue weighted by Crippen LogP contribution is -2.24. The van der Waals surface area contributed by atoms with Crippen LogP contribution in [0.15, 0.2) is 48.5 Å². The summed E-state index contributed by atoms with van der Waals surface area (Å²) < 4.78 is 18.8. The Kier molecular flexibility index (Phi) is 5.39. The van der Waals surface area contributed by atoms with Crippen LogP contribution in [0.5, 0.6) is 5.75 Å². The van der Waals surface area contributed by atoms with Crippen molar-refractivity contribution < 1.29 is 9.13 Å². The molecule has 0 heterocycles. The van der Waals surface area contributed by atoms with Gasteiger partial charge < -0.3 is 4.74 Å². The maximum Gasteiger partial charge on any atom is 0.165 e. The van der Waals surface area contributed by atoms with E-state index in [2.05, 4.69) is 4.90 Å². The van der Waals surface area contributed by atoms with Crippen molar-refractivity contribution in [3.63, 3.8) is 0 Å². The second-order valence-corrected chi connectivity index (χ2v) is 5.08. The number of likely N-dealkylation sites (N-methyl/N-ethyl adjacent to an activating group) is 1. The molecule has 0 N–H and O–H groups in total. The van der Waals surface area contributed by atoms with E-state index in [1.165, 1.54) is 6.07 Å². The topological polar surface area (TPSA) is 12.5 Å². The van der Waals surface area contributed by atoms with Crippen molar-refractivity contribution in [2.45, 2.75) is 6.54 Å². The Morgan fingerprint density at radius 2 is 1.95 bits per heavy atom. The molecule has 2 aromatic carbocycles. The molecule has 0 aliphatic heterocycles. The average Bonchev–Trinajstić information content (AvgIpc) is 2.41. The fraction of sp³-hybridized carbons (Fsp3) is 0.250. The number of ether oxygens (including phenoxy) is 1. The van der Waals surface area contributed by atoms with E-state index in [9.17, 15) is 4.39 Å². The summed E-state index contributed by atoms with van der Waals surface area (Å²) in [5, 5.41) is 0.735. The second kappa shape index (κ2) is 7.27. The molecule has 0 spiro atoms. The Bertz CT molecular complexity index is 562. The van der Waals surface area contributed by atoms with Crippen molar-refractivity contribution >= 4 is 11.6 Å². The zero-order chi connectivity index (χ0) is 14.4. The largest absolute Gasteiger partial charge is 0.489 e. The number of halogens is 2. The molecule has 0 aliphatic rings. The van der Waals surface area contributed by atoms with E-state index >= 15 is 0 Å². The predicted molar refractivity (Wildman–Crippen MR) is 79.7 cm³/mol. The van der Waals surface area contributed by atoms with Gasteiger partial charge in [0.25, 0.3) is 0 Å². The minimum absolute atomic E-state index is 0.295. The van der Waals surface area contributed by atoms with Gasteiger partial charge in [0.1, 0.15) is 6.61 Å². The third-order valence-corrected chi connectivity index (χ3v) is 3.14. The SMILES string of the molecule is CN(CCOc1ccccc1F)Cc1cccc(Cl)c1. The van der Waals surface area contributed by atoms with Crippen LogP contribution in [-0.4, -0.2) is 25.1 Å². The quantitative estimate of drug-likeness (QED) is 0.798. The molecular weight excluding hydrogens is 277 g/mol. The van der Waals surface area contributed by atoms with Gasteiger partial charge in [-0.05, 0) is 36.9 Å². The van der Waals surface area contributed by atoms with Gasteiger partial charge in [0, 0.05) is 18.1 Å². The first-order chi connectivity index (χ1) is 9.65. The van der Waals surface area contributed by atoms with Crippen LogP contribution >= 0.6 is 11.6 Å². The molecule has 0 aromatic heterocycles. The van der Waals surface area contributed by atoms with Gasteiger partial charge in [-0.25, -0.2) is 4.39 Å². The normalized spacial score (nSPS) is 10.8. The summed E-state index contributed by atoms with van der Waals surface area (Å²) >= 11 is 5.95. The predicted octanol–water partition coefficient (Wildman–Crippen LogP) is 3.99. The van der Waals surface area contributed by atoms with Crippen molar-refractivity contribution in [1.82, 2.24) is 4.90 Å². The minimum atomic E-state index is -0.329. The third-order valence-electron chi connectivity index (χ3n) is 2.91. The molecule has 0 saturated carbocycles. The van der Waals surface area contributed by atoms with Crippen LogP contribution < -0.4 is 4.74 Å². The highest BCUT2D eigenvalue weighted by atomic mass is 35.5. The summed E-state index contributed by atoms with van der Waals surface area (Å²) in [6, 6.07) is 14.2. The van der Waals surface area contributed by atoms with E-state index < -0.39 is 0 Å². The molecule has 0 saturated heterocycles. The van der Waals surface area contributed by atoms with Gasteiger partial charge in [0.15, 0.2) is 11.6 Å². The highest BCUT2D eigenvalue weighted by molar-refractivity contribution is 6.30. The van der Waals surface area contributed by atoms with Gasteiger partial charge in [-0.3, -0.25) is 4.90 Å². The molecule has 2 rings (SSSR count). The Morgan fingerprint density at radius 1 is 1.15 bits per heavy atom. The fourth-order valence-corrected chi connectivity index (χ4v) is 2.11. The van der Waals surface area contributed by atoms with Crippen LogP contribution in [0.3, 0.4) is 0 Å². The monoisotopic (exact) mass is 293 g/mol. The summed E-state index contributed by atoms with van der Waals surface area (Å²) in [4.78, 5) is 2.10. The van der Waals surface area contributed by atoms with E-state index in [1.807, 2.05) is 31.3 Å². The molecule has 0 fully saturated rings. The zero-order valence-corrected chi connectivity index (χ0v) is 12.1. The molecule has 2 aromatic rings. The molecule has 20 heavy (non-hydrogen) atoms. The van der Waals surface area contributed by atoms with Crippen molar-refractivity contribution in [2.75, 3.05) is 20.2 Å². The molecule has 0 atom stereocenters. The number of nitrogens with zero attached hydrogens (tertiary/aromatic N) is 1. The van der Waals surface area contributed by atoms with E-state index in [-0.39, 0.29) is 5.82 Å². The standard InChI is InChI=1S/C16H17ClFNO/c1-19(12-13-5-4-6-14(17)11-13)9-10-20-16-8-3-2-7-15(16)18/h2-8,11H,9-10,12H2,1H3. The van der Waals surface area contributed by atoms with E-state index in [1.54, 1.807) is 18.2 Å². The summed E-state index contributed by atoms with van der Waals surface area (Å²) in [5.41, 5.74) is 1.14. The molecule has 0 unspecified atom stereocenters. The molecule has 0 bridgehead atoms. The van der Waals surface area contributed by atoms with Crippen LogP contribution in [0.25, 0.3) is 0 Å². The lowest BCUT2D eigenvalue weighted by atomic mass is 10.2. The summed E-state index contributed by atoms with van der Waals surface area (Å²) in [5.74, 6) is -0.0337. The van der Waals surface area contributed by atoms with Crippen LogP contribution in [0, 0.1) is 5.82 Å². The van der Waals surface area contributed by atoms with Crippen molar-refractivity contribution in [3.05, 3.63) is 64.9 Å². The molecule has 2 nitrogen and oxygen atoms in total. The Balaban J connectivity index is 1.78. The number of hydrogen-bond donors (Lipinski definition) is 0. The second-order valence-electron chi connectivity index (χ2n) is 4.65. The maximum absolute atomic E-state index is 13.4. The highest BCUT2D eigenvalue weighted by Gasteiger charge is 2.04. The molecule has 0 amide bonds. The van der Waals surface area contributed by atoms with Crippen LogP contribution in [0.4, 0.5) is 4.39 Å². The number of para-hydroxylation sites is 1. The van der Waals surface area contributed by atoms with Crippen molar-refractivity contribution in [1.29, 1.82) is 0 Å². The molecule has 106 valence electrons. The number of hydrogen-bond acceptors (Lipinski definition) is 2. The smallest absolute Gasteiger partial charge is 0.165 e. The zero-order valence-electron chi connectivity index (χ0n) is 11.4. The Labute approximate surface area is 123 Å². The van der Waals surface area contributed by atoms with Crippen LogP contribution in [0.2, 0.25) is 5.02 Å². The van der Waals surface area contributed by atoms with Crippen LogP contribution in [-0.2, 0) is 6.54 Å². The fourth-order valence-electron chi connectivity index (χ4n) is 1.90. The average molecular weight is 294 g/mol. The van der Waals surface area contributed by atoms with Gasteiger partial charge >= 0.3 is 0 Å². The first-order valence-electron chi connectivity index (χ1n) is 6.45. The summed E-state index contributed by atoms with van der Waals surface area (Å²) in [6.45, 7) is 1.93. The number of benzene rings is 2. The molecular formula is C16H17ClFNO. The molecule has 0 aliphatic carbocycles. The van der Waals surface area contributed by atoms with Gasteiger partial charge in [-0.2, -0.15) is 0 Å². The lowest BCUT2D eigenvalue weighted by Gasteiger charge is -2.17. The molecule has 4 heteroatoms. The highest BCUT2D eigenvalue weighted by Crippen LogP contribution is 2.15. The maximum atomic E-state index is 13.4. The van der Waals surface area contributed by atoms with Gasteiger partial charge in [0.2, 0.25) is 0 Å². The first kappa shape index (κ1) is 14.8. The molecule has 0 radical (unpaired) electrons. The van der Waals surface area contributed by atoms with Crippen molar-refractivity contribution in [3.8, 4) is 5.75 Å². The van der Waals surface area contributed by atoms with E-state index in [0.29, 0.717) is 18.9 Å². The van der Waals surface area contributed by atoms with Gasteiger partial charge in [0.05, 0.1) is 0 Å². The first-order valence-corrected chi connectivity index (χ1v) is 6.83. The van der Waals surface area contributed by atoms with Crippen LogP contribution in [0.1, 0.15) is 5.56 Å². The Morgan fingerprint density at radius 3 is 2.70 bits per heavy atom. The van der Waals surface area contributed by atoms with Crippen molar-refractivity contribution in [2.24, 2.45) is 0 Å².